The quantitative estimate of drug-likeness (QED) is 0.314. The summed E-state index contributed by atoms with van der Waals surface area (Å²) >= 11 is 0. The van der Waals surface area contributed by atoms with Gasteiger partial charge in [0, 0.05) is 37.3 Å². The van der Waals surface area contributed by atoms with E-state index in [0.717, 1.165) is 12.8 Å². The van der Waals surface area contributed by atoms with Gasteiger partial charge in [-0.2, -0.15) is 0 Å². The van der Waals surface area contributed by atoms with Crippen LogP contribution in [0, 0.1) is 11.8 Å². The zero-order valence-electron chi connectivity index (χ0n) is 17.8. The summed E-state index contributed by atoms with van der Waals surface area (Å²) in [7, 11) is 0. The Balaban J connectivity index is 1.24. The van der Waals surface area contributed by atoms with Crippen molar-refractivity contribution in [3.8, 4) is 11.8 Å². The number of aromatic nitrogens is 1. The van der Waals surface area contributed by atoms with Crippen LogP contribution in [0.3, 0.4) is 0 Å². The summed E-state index contributed by atoms with van der Waals surface area (Å²) in [6, 6.07) is 2.41. The van der Waals surface area contributed by atoms with E-state index < -0.39 is 5.97 Å². The first-order valence-electron chi connectivity index (χ1n) is 10.9. The van der Waals surface area contributed by atoms with E-state index in [1.54, 1.807) is 0 Å². The van der Waals surface area contributed by atoms with Gasteiger partial charge in [-0.3, -0.25) is 19.3 Å². The van der Waals surface area contributed by atoms with Gasteiger partial charge in [-0.05, 0) is 50.9 Å². The maximum absolute atomic E-state index is 12.3. The molecule has 3 rings (SSSR count). The number of hydrogen-bond acceptors (Lipinski definition) is 8. The highest BCUT2D eigenvalue weighted by atomic mass is 16.7. The number of rotatable bonds is 10. The number of unbranched alkanes of at least 4 members (excludes halogenated alkanes) is 2. The third kappa shape index (κ3) is 6.12. The van der Waals surface area contributed by atoms with E-state index in [4.69, 9.17) is 9.57 Å². The normalized spacial score (nSPS) is 20.6. The SMILES string of the molecule is O=C(CCCCCOC(=O)C1CCC(CN2C(=O)C=CC2=O)CC1)On1c(O)ccc1O. The van der Waals surface area contributed by atoms with Gasteiger partial charge < -0.3 is 19.8 Å². The maximum atomic E-state index is 12.3. The Kier molecular flexibility index (Phi) is 7.91. The Morgan fingerprint density at radius 1 is 0.938 bits per heavy atom. The second kappa shape index (κ2) is 10.8. The van der Waals surface area contributed by atoms with E-state index in [-0.39, 0.29) is 54.4 Å². The molecule has 1 aliphatic carbocycles. The lowest BCUT2D eigenvalue weighted by atomic mass is 9.82. The van der Waals surface area contributed by atoms with E-state index in [0.29, 0.717) is 43.4 Å². The molecular weight excluding hydrogens is 420 g/mol. The topological polar surface area (TPSA) is 135 Å². The minimum absolute atomic E-state index is 0.104. The molecule has 2 aliphatic rings. The summed E-state index contributed by atoms with van der Waals surface area (Å²) in [4.78, 5) is 53.4. The fraction of sp³-hybridized carbons (Fsp3) is 0.545. The molecule has 1 saturated carbocycles. The van der Waals surface area contributed by atoms with Crippen LogP contribution >= 0.6 is 0 Å². The van der Waals surface area contributed by atoms with Crippen LogP contribution in [0.1, 0.15) is 51.4 Å². The zero-order chi connectivity index (χ0) is 23.1. The number of amides is 2. The number of hydrogen-bond donors (Lipinski definition) is 2. The highest BCUT2D eigenvalue weighted by Crippen LogP contribution is 2.30. The summed E-state index contributed by atoms with van der Waals surface area (Å²) < 4.78 is 6.00. The lowest BCUT2D eigenvalue weighted by Crippen LogP contribution is -2.36. The fourth-order valence-electron chi connectivity index (χ4n) is 3.93. The molecule has 1 aromatic rings. The van der Waals surface area contributed by atoms with Gasteiger partial charge in [0.05, 0.1) is 12.5 Å². The van der Waals surface area contributed by atoms with Crippen LogP contribution in [0.25, 0.3) is 0 Å². The maximum Gasteiger partial charge on any atom is 0.333 e. The highest BCUT2D eigenvalue weighted by molar-refractivity contribution is 6.12. The third-order valence-corrected chi connectivity index (χ3v) is 5.78. The first kappa shape index (κ1) is 23.4. The third-order valence-electron chi connectivity index (χ3n) is 5.78. The molecule has 1 aromatic heterocycles. The number of carbonyl (C=O) groups is 4. The molecule has 1 aliphatic heterocycles. The first-order valence-corrected chi connectivity index (χ1v) is 10.9. The molecule has 174 valence electrons. The lowest BCUT2D eigenvalue weighted by molar-refractivity contribution is -0.151. The number of ether oxygens (including phenoxy) is 1. The van der Waals surface area contributed by atoms with Gasteiger partial charge in [-0.15, -0.1) is 4.73 Å². The van der Waals surface area contributed by atoms with Crippen molar-refractivity contribution in [1.29, 1.82) is 0 Å². The van der Waals surface area contributed by atoms with Gasteiger partial charge >= 0.3 is 11.9 Å². The van der Waals surface area contributed by atoms with Gasteiger partial charge in [0.15, 0.2) is 0 Å². The summed E-state index contributed by atoms with van der Waals surface area (Å²) in [6.07, 6.45) is 7.36. The monoisotopic (exact) mass is 448 g/mol. The Labute approximate surface area is 185 Å². The molecule has 0 bridgehead atoms. The average molecular weight is 448 g/mol. The van der Waals surface area contributed by atoms with Crippen molar-refractivity contribution in [2.75, 3.05) is 13.2 Å². The van der Waals surface area contributed by atoms with Crippen molar-refractivity contribution < 1.29 is 39.0 Å². The van der Waals surface area contributed by atoms with E-state index in [9.17, 15) is 29.4 Å². The Bertz CT molecular complexity index is 845. The minimum atomic E-state index is -0.589. The van der Waals surface area contributed by atoms with E-state index >= 15 is 0 Å². The number of imide groups is 1. The van der Waals surface area contributed by atoms with Crippen LogP contribution in [-0.2, 0) is 23.9 Å². The second-order valence-electron chi connectivity index (χ2n) is 8.12. The van der Waals surface area contributed by atoms with Crippen LogP contribution in [0.4, 0.5) is 0 Å². The second-order valence-corrected chi connectivity index (χ2v) is 8.12. The number of carbonyl (C=O) groups excluding carboxylic acids is 4. The summed E-state index contributed by atoms with van der Waals surface area (Å²) in [6.45, 7) is 0.674. The van der Waals surface area contributed by atoms with Gasteiger partial charge in [0.1, 0.15) is 0 Å². The van der Waals surface area contributed by atoms with Crippen molar-refractivity contribution in [1.82, 2.24) is 9.63 Å². The number of nitrogens with zero attached hydrogens (tertiary/aromatic N) is 2. The molecule has 32 heavy (non-hydrogen) atoms. The minimum Gasteiger partial charge on any atom is -0.492 e. The van der Waals surface area contributed by atoms with Gasteiger partial charge in [-0.1, -0.05) is 0 Å². The van der Waals surface area contributed by atoms with Gasteiger partial charge in [-0.25, -0.2) is 4.79 Å². The van der Waals surface area contributed by atoms with Crippen LogP contribution in [0.15, 0.2) is 24.3 Å². The molecule has 0 radical (unpaired) electrons. The molecule has 2 heterocycles. The summed E-state index contributed by atoms with van der Waals surface area (Å²) in [5.41, 5.74) is 0. The lowest BCUT2D eigenvalue weighted by Gasteiger charge is -2.29. The Morgan fingerprint density at radius 2 is 1.56 bits per heavy atom. The van der Waals surface area contributed by atoms with Gasteiger partial charge in [0.2, 0.25) is 11.8 Å². The van der Waals surface area contributed by atoms with Crippen LogP contribution in [-0.4, -0.2) is 56.7 Å². The van der Waals surface area contributed by atoms with E-state index in [1.807, 2.05) is 0 Å². The number of esters is 1. The molecular formula is C22H28N2O8. The van der Waals surface area contributed by atoms with Crippen LogP contribution < -0.4 is 4.84 Å². The average Bonchev–Trinajstić information content (AvgIpc) is 3.26. The standard InChI is InChI=1S/C22H28N2O8/c25-17-9-10-18(26)23(17)14-15-5-7-16(8-6-15)22(30)31-13-3-1-2-4-21(29)32-24-19(27)11-12-20(24)28/h9-12,15-16,27-28H,1-8,13-14H2. The first-order chi connectivity index (χ1) is 15.3. The van der Waals surface area contributed by atoms with Crippen molar-refractivity contribution in [2.24, 2.45) is 11.8 Å². The predicted molar refractivity (Wildman–Crippen MR) is 110 cm³/mol. The number of aromatic hydroxyl groups is 2. The molecule has 0 spiro atoms. The summed E-state index contributed by atoms with van der Waals surface area (Å²) in [5.74, 6) is -2.05. The van der Waals surface area contributed by atoms with Crippen molar-refractivity contribution in [3.05, 3.63) is 24.3 Å². The van der Waals surface area contributed by atoms with Crippen LogP contribution in [0.5, 0.6) is 11.8 Å². The largest absolute Gasteiger partial charge is 0.492 e. The zero-order valence-corrected chi connectivity index (χ0v) is 17.8. The summed E-state index contributed by atoms with van der Waals surface area (Å²) in [5, 5.41) is 18.9. The van der Waals surface area contributed by atoms with Gasteiger partial charge in [0.25, 0.3) is 11.8 Å². The molecule has 0 saturated heterocycles. The fourth-order valence-corrected chi connectivity index (χ4v) is 3.93. The molecule has 0 unspecified atom stereocenters. The molecule has 10 heteroatoms. The highest BCUT2D eigenvalue weighted by Gasteiger charge is 2.31. The molecule has 2 amide bonds. The molecule has 0 aromatic carbocycles. The Hall–Kier alpha value is -3.30. The Morgan fingerprint density at radius 3 is 2.19 bits per heavy atom. The predicted octanol–water partition coefficient (Wildman–Crippen LogP) is 1.69. The molecule has 1 fully saturated rings. The van der Waals surface area contributed by atoms with Crippen molar-refractivity contribution in [2.45, 2.75) is 51.4 Å². The molecule has 10 nitrogen and oxygen atoms in total. The van der Waals surface area contributed by atoms with Crippen molar-refractivity contribution >= 4 is 23.8 Å². The molecule has 0 atom stereocenters. The smallest absolute Gasteiger partial charge is 0.333 e. The van der Waals surface area contributed by atoms with E-state index in [2.05, 4.69) is 0 Å². The van der Waals surface area contributed by atoms with Crippen molar-refractivity contribution in [3.63, 3.8) is 0 Å². The van der Waals surface area contributed by atoms with Crippen LogP contribution in [0.2, 0.25) is 0 Å². The van der Waals surface area contributed by atoms with E-state index in [1.165, 1.54) is 29.2 Å². The molecule has 2 N–H and O–H groups in total.